The van der Waals surface area contributed by atoms with E-state index < -0.39 is 20.1 Å². The highest BCUT2D eigenvalue weighted by Crippen LogP contribution is 2.24. The third-order valence-electron chi connectivity index (χ3n) is 4.85. The standard InChI is InChI=1S/C18H27N7O5S2/c1-25(2)18-22-16(19-12-7-9-13(10-8-12)24-31(3,26)27)21-17(23-18)20-14-5-4-6-15(11-14)32(28,29)30/h4-6,11-13,24H,7-10H2,1-3H3,(H,28,29,30)(H2,19,20,21,22,23). The van der Waals surface area contributed by atoms with E-state index in [1.165, 1.54) is 18.2 Å². The Hall–Kier alpha value is -2.55. The summed E-state index contributed by atoms with van der Waals surface area (Å²) in [6.07, 6.45) is 4.05. The van der Waals surface area contributed by atoms with Gasteiger partial charge in [-0.2, -0.15) is 23.4 Å². The first kappa shape index (κ1) is 24.1. The van der Waals surface area contributed by atoms with Crippen LogP contribution in [0.5, 0.6) is 0 Å². The number of benzene rings is 1. The third-order valence-corrected chi connectivity index (χ3v) is 6.46. The van der Waals surface area contributed by atoms with Crippen LogP contribution in [0, 0.1) is 0 Å². The van der Waals surface area contributed by atoms with Gasteiger partial charge in [0, 0.05) is 31.9 Å². The Balaban J connectivity index is 1.74. The molecule has 1 heterocycles. The van der Waals surface area contributed by atoms with Crippen LogP contribution in [0.1, 0.15) is 25.7 Å². The molecule has 0 saturated heterocycles. The molecule has 12 nitrogen and oxygen atoms in total. The second-order valence-corrected chi connectivity index (χ2v) is 11.1. The van der Waals surface area contributed by atoms with Crippen LogP contribution < -0.4 is 20.3 Å². The van der Waals surface area contributed by atoms with Crippen LogP contribution in [0.3, 0.4) is 0 Å². The van der Waals surface area contributed by atoms with Crippen molar-refractivity contribution in [2.24, 2.45) is 0 Å². The van der Waals surface area contributed by atoms with Gasteiger partial charge in [-0.25, -0.2) is 13.1 Å². The molecule has 1 aliphatic rings. The fraction of sp³-hybridized carbons (Fsp3) is 0.500. The molecule has 4 N–H and O–H groups in total. The molecule has 1 saturated carbocycles. The van der Waals surface area contributed by atoms with Gasteiger partial charge < -0.3 is 15.5 Å². The molecule has 0 unspecified atom stereocenters. The van der Waals surface area contributed by atoms with Crippen LogP contribution in [0.4, 0.5) is 23.5 Å². The molecule has 1 aliphatic carbocycles. The van der Waals surface area contributed by atoms with E-state index in [4.69, 9.17) is 0 Å². The monoisotopic (exact) mass is 485 g/mol. The highest BCUT2D eigenvalue weighted by Gasteiger charge is 2.24. The van der Waals surface area contributed by atoms with Crippen LogP contribution in [-0.2, 0) is 20.1 Å². The fourth-order valence-corrected chi connectivity index (χ4v) is 4.76. The molecule has 176 valence electrons. The fourth-order valence-electron chi connectivity index (χ4n) is 3.39. The maximum absolute atomic E-state index is 11.4. The summed E-state index contributed by atoms with van der Waals surface area (Å²) in [6.45, 7) is 0. The first-order valence-corrected chi connectivity index (χ1v) is 13.2. The van der Waals surface area contributed by atoms with Crippen molar-refractivity contribution in [1.29, 1.82) is 0 Å². The van der Waals surface area contributed by atoms with Crippen LogP contribution in [0.15, 0.2) is 29.2 Å². The maximum atomic E-state index is 11.4. The molecule has 2 aromatic rings. The lowest BCUT2D eigenvalue weighted by molar-refractivity contribution is 0.387. The van der Waals surface area contributed by atoms with E-state index in [-0.39, 0.29) is 22.9 Å². The number of aromatic nitrogens is 3. The van der Waals surface area contributed by atoms with Crippen molar-refractivity contribution in [2.75, 3.05) is 35.9 Å². The second kappa shape index (κ2) is 9.52. The molecule has 32 heavy (non-hydrogen) atoms. The van der Waals surface area contributed by atoms with E-state index in [1.807, 2.05) is 0 Å². The van der Waals surface area contributed by atoms with Gasteiger partial charge in [0.15, 0.2) is 0 Å². The topological polar surface area (TPSA) is 167 Å². The molecule has 3 rings (SSSR count). The summed E-state index contributed by atoms with van der Waals surface area (Å²) >= 11 is 0. The molecule has 0 radical (unpaired) electrons. The number of nitrogens with one attached hydrogen (secondary N) is 3. The summed E-state index contributed by atoms with van der Waals surface area (Å²) in [5.41, 5.74) is 0.384. The molecule has 1 aromatic heterocycles. The Bertz CT molecular complexity index is 1160. The first-order chi connectivity index (χ1) is 14.9. The van der Waals surface area contributed by atoms with Crippen molar-refractivity contribution in [2.45, 2.75) is 42.7 Å². The highest BCUT2D eigenvalue weighted by molar-refractivity contribution is 7.88. The normalized spacial score (nSPS) is 19.4. The summed E-state index contributed by atoms with van der Waals surface area (Å²) in [6, 6.07) is 5.66. The smallest absolute Gasteiger partial charge is 0.294 e. The maximum Gasteiger partial charge on any atom is 0.294 e. The molecule has 0 bridgehead atoms. The van der Waals surface area contributed by atoms with Crippen molar-refractivity contribution in [3.05, 3.63) is 24.3 Å². The summed E-state index contributed by atoms with van der Waals surface area (Å²) in [5.74, 6) is 0.936. The molecule has 0 amide bonds. The minimum Gasteiger partial charge on any atom is -0.351 e. The zero-order chi connectivity index (χ0) is 23.5. The van der Waals surface area contributed by atoms with Crippen LogP contribution in [-0.4, -0.2) is 68.8 Å². The van der Waals surface area contributed by atoms with Gasteiger partial charge in [-0.15, -0.1) is 0 Å². The molecule has 1 aromatic carbocycles. The Morgan fingerprint density at radius 3 is 2.19 bits per heavy atom. The van der Waals surface area contributed by atoms with E-state index in [1.54, 1.807) is 25.1 Å². The molecule has 14 heteroatoms. The minimum absolute atomic E-state index is 0.0701. The van der Waals surface area contributed by atoms with Crippen molar-refractivity contribution in [3.8, 4) is 0 Å². The van der Waals surface area contributed by atoms with Crippen molar-refractivity contribution >= 4 is 43.7 Å². The number of hydrogen-bond donors (Lipinski definition) is 4. The average Bonchev–Trinajstić information content (AvgIpc) is 2.68. The lowest BCUT2D eigenvalue weighted by Gasteiger charge is -2.29. The van der Waals surface area contributed by atoms with Crippen molar-refractivity contribution < 1.29 is 21.4 Å². The Kier molecular flexibility index (Phi) is 7.17. The van der Waals surface area contributed by atoms with Gasteiger partial charge in [0.25, 0.3) is 10.1 Å². The van der Waals surface area contributed by atoms with Crippen molar-refractivity contribution in [3.63, 3.8) is 0 Å². The number of sulfonamides is 1. The van der Waals surface area contributed by atoms with Crippen LogP contribution in [0.2, 0.25) is 0 Å². The van der Waals surface area contributed by atoms with E-state index >= 15 is 0 Å². The van der Waals surface area contributed by atoms with E-state index in [9.17, 15) is 21.4 Å². The highest BCUT2D eigenvalue weighted by atomic mass is 32.2. The van der Waals surface area contributed by atoms with Gasteiger partial charge in [0.05, 0.1) is 11.2 Å². The summed E-state index contributed by atoms with van der Waals surface area (Å²) in [7, 11) is -4.01. The molecule has 1 fully saturated rings. The van der Waals surface area contributed by atoms with Crippen LogP contribution in [0.25, 0.3) is 0 Å². The molecule has 0 spiro atoms. The van der Waals surface area contributed by atoms with Gasteiger partial charge in [-0.3, -0.25) is 4.55 Å². The minimum atomic E-state index is -4.34. The molecular weight excluding hydrogens is 458 g/mol. The van der Waals surface area contributed by atoms with Gasteiger partial charge in [-0.1, -0.05) is 6.07 Å². The zero-order valence-corrected chi connectivity index (χ0v) is 19.6. The predicted octanol–water partition coefficient (Wildman–Crippen LogP) is 1.20. The molecule has 0 atom stereocenters. The lowest BCUT2D eigenvalue weighted by Crippen LogP contribution is -2.39. The lowest BCUT2D eigenvalue weighted by atomic mass is 9.92. The Morgan fingerprint density at radius 1 is 0.969 bits per heavy atom. The summed E-state index contributed by atoms with van der Waals surface area (Å²) in [5, 5.41) is 6.22. The largest absolute Gasteiger partial charge is 0.351 e. The van der Waals surface area contributed by atoms with E-state index in [0.29, 0.717) is 30.4 Å². The third kappa shape index (κ3) is 6.98. The molecule has 0 aliphatic heterocycles. The quantitative estimate of drug-likeness (QED) is 0.397. The van der Waals surface area contributed by atoms with Crippen molar-refractivity contribution in [1.82, 2.24) is 19.7 Å². The predicted molar refractivity (Wildman–Crippen MR) is 121 cm³/mol. The summed E-state index contributed by atoms with van der Waals surface area (Å²) in [4.78, 5) is 14.6. The first-order valence-electron chi connectivity index (χ1n) is 9.91. The number of rotatable bonds is 8. The SMILES string of the molecule is CN(C)c1nc(Nc2cccc(S(=O)(=O)O)c2)nc(NC2CCC(NS(C)(=O)=O)CC2)n1. The van der Waals surface area contributed by atoms with Gasteiger partial charge in [-0.05, 0) is 43.9 Å². The second-order valence-electron chi connectivity index (χ2n) is 7.89. The Labute approximate surface area is 187 Å². The van der Waals surface area contributed by atoms with Gasteiger partial charge in [0.1, 0.15) is 0 Å². The summed E-state index contributed by atoms with van der Waals surface area (Å²) < 4.78 is 57.5. The van der Waals surface area contributed by atoms with Gasteiger partial charge >= 0.3 is 0 Å². The number of anilines is 4. The van der Waals surface area contributed by atoms with Crippen LogP contribution >= 0.6 is 0 Å². The van der Waals surface area contributed by atoms with E-state index in [0.717, 1.165) is 19.1 Å². The zero-order valence-electron chi connectivity index (χ0n) is 18.0. The van der Waals surface area contributed by atoms with E-state index in [2.05, 4.69) is 30.3 Å². The average molecular weight is 486 g/mol. The number of hydrogen-bond acceptors (Lipinski definition) is 10. The van der Waals surface area contributed by atoms with Gasteiger partial charge in [0.2, 0.25) is 27.9 Å². The molecular formula is C18H27N7O5S2. The Morgan fingerprint density at radius 2 is 1.59 bits per heavy atom. The number of nitrogens with zero attached hydrogens (tertiary/aromatic N) is 4.